The van der Waals surface area contributed by atoms with Crippen molar-refractivity contribution in [1.82, 2.24) is 14.8 Å². The molecule has 0 spiro atoms. The lowest BCUT2D eigenvalue weighted by atomic mass is 9.99. The molecule has 31 heavy (non-hydrogen) atoms. The summed E-state index contributed by atoms with van der Waals surface area (Å²) in [5.74, 6) is 0.973. The summed E-state index contributed by atoms with van der Waals surface area (Å²) in [5.41, 5.74) is 5.06. The van der Waals surface area contributed by atoms with Crippen LogP contribution in [0.2, 0.25) is 0 Å². The van der Waals surface area contributed by atoms with E-state index in [9.17, 15) is 0 Å². The Balaban J connectivity index is 1.28. The molecule has 0 atom stereocenters. The maximum Gasteiger partial charge on any atom is 0.119 e. The highest BCUT2D eigenvalue weighted by Crippen LogP contribution is 2.27. The van der Waals surface area contributed by atoms with Crippen molar-refractivity contribution in [2.24, 2.45) is 0 Å². The lowest BCUT2D eigenvalue weighted by Crippen LogP contribution is -2.39. The highest BCUT2D eigenvalue weighted by Gasteiger charge is 2.20. The number of hydrogen-bond donors (Lipinski definition) is 0. The number of aromatic nitrogens is 1. The Bertz CT molecular complexity index is 932. The molecule has 0 aliphatic carbocycles. The first-order valence-corrected chi connectivity index (χ1v) is 11.3. The van der Waals surface area contributed by atoms with Crippen LogP contribution in [0.1, 0.15) is 24.1 Å². The Labute approximate surface area is 186 Å². The van der Waals surface area contributed by atoms with Crippen LogP contribution in [0, 0.1) is 0 Å². The SMILES string of the molecule is CN(C)Cc1ccccc1-c1ccc(OC2CCN(CCc3ccccn3)CC2)cc1. The lowest BCUT2D eigenvalue weighted by molar-refractivity contribution is 0.101. The Kier molecular flexibility index (Phi) is 7.34. The van der Waals surface area contributed by atoms with Crippen LogP contribution >= 0.6 is 0 Å². The van der Waals surface area contributed by atoms with Crippen molar-refractivity contribution in [3.63, 3.8) is 0 Å². The third-order valence-corrected chi connectivity index (χ3v) is 5.92. The molecule has 1 fully saturated rings. The largest absolute Gasteiger partial charge is 0.490 e. The van der Waals surface area contributed by atoms with Crippen LogP contribution in [0.3, 0.4) is 0 Å². The molecule has 1 aromatic heterocycles. The van der Waals surface area contributed by atoms with Gasteiger partial charge in [0.2, 0.25) is 0 Å². The van der Waals surface area contributed by atoms with Crippen molar-refractivity contribution < 1.29 is 4.74 Å². The fourth-order valence-corrected chi connectivity index (χ4v) is 4.26. The Hall–Kier alpha value is -2.69. The van der Waals surface area contributed by atoms with Gasteiger partial charge in [-0.2, -0.15) is 0 Å². The molecule has 162 valence electrons. The number of likely N-dealkylation sites (tertiary alicyclic amines) is 1. The molecule has 1 saturated heterocycles. The fourth-order valence-electron chi connectivity index (χ4n) is 4.26. The van der Waals surface area contributed by atoms with Crippen LogP contribution < -0.4 is 4.74 Å². The molecule has 4 rings (SSSR count). The van der Waals surface area contributed by atoms with Crippen LogP contribution in [0.25, 0.3) is 11.1 Å². The summed E-state index contributed by atoms with van der Waals surface area (Å²) >= 11 is 0. The van der Waals surface area contributed by atoms with E-state index in [0.717, 1.165) is 51.2 Å². The summed E-state index contributed by atoms with van der Waals surface area (Å²) in [5, 5.41) is 0. The molecule has 1 aliphatic heterocycles. The third kappa shape index (κ3) is 6.16. The van der Waals surface area contributed by atoms with Crippen molar-refractivity contribution in [3.05, 3.63) is 84.2 Å². The highest BCUT2D eigenvalue weighted by atomic mass is 16.5. The smallest absolute Gasteiger partial charge is 0.119 e. The van der Waals surface area contributed by atoms with E-state index in [-0.39, 0.29) is 0 Å². The van der Waals surface area contributed by atoms with E-state index >= 15 is 0 Å². The molecule has 1 aliphatic rings. The van der Waals surface area contributed by atoms with Gasteiger partial charge in [0.15, 0.2) is 0 Å². The van der Waals surface area contributed by atoms with E-state index in [0.29, 0.717) is 6.10 Å². The van der Waals surface area contributed by atoms with Crippen LogP contribution in [0.15, 0.2) is 72.9 Å². The van der Waals surface area contributed by atoms with Gasteiger partial charge in [-0.05, 0) is 67.9 Å². The average molecular weight is 416 g/mol. The van der Waals surface area contributed by atoms with Crippen molar-refractivity contribution in [2.75, 3.05) is 33.7 Å². The standard InChI is InChI=1S/C27H33N3O/c1-29(2)21-23-7-3-4-9-27(23)22-10-12-25(13-11-22)31-26-15-19-30(20-16-26)18-14-24-8-5-6-17-28-24/h3-13,17,26H,14-16,18-21H2,1-2H3. The molecule has 2 heterocycles. The van der Waals surface area contributed by atoms with Gasteiger partial charge in [0.05, 0.1) is 0 Å². The van der Waals surface area contributed by atoms with Gasteiger partial charge < -0.3 is 14.5 Å². The minimum Gasteiger partial charge on any atom is -0.490 e. The molecule has 0 unspecified atom stereocenters. The second kappa shape index (κ2) is 10.6. The second-order valence-electron chi connectivity index (χ2n) is 8.65. The molecule has 0 amide bonds. The zero-order valence-corrected chi connectivity index (χ0v) is 18.7. The van der Waals surface area contributed by atoms with Crippen molar-refractivity contribution in [1.29, 1.82) is 0 Å². The predicted molar refractivity (Wildman–Crippen MR) is 127 cm³/mol. The van der Waals surface area contributed by atoms with Gasteiger partial charge in [0.1, 0.15) is 11.9 Å². The number of ether oxygens (including phenoxy) is 1. The molecule has 3 aromatic rings. The van der Waals surface area contributed by atoms with Gasteiger partial charge in [-0.25, -0.2) is 0 Å². The summed E-state index contributed by atoms with van der Waals surface area (Å²) in [7, 11) is 4.22. The van der Waals surface area contributed by atoms with Gasteiger partial charge in [-0.15, -0.1) is 0 Å². The number of hydrogen-bond acceptors (Lipinski definition) is 4. The molecule has 4 nitrogen and oxygen atoms in total. The van der Waals surface area contributed by atoms with E-state index in [2.05, 4.69) is 89.5 Å². The lowest BCUT2D eigenvalue weighted by Gasteiger charge is -2.32. The maximum absolute atomic E-state index is 6.30. The normalized spacial score (nSPS) is 15.3. The zero-order chi connectivity index (χ0) is 21.5. The Morgan fingerprint density at radius 3 is 2.39 bits per heavy atom. The minimum atomic E-state index is 0.304. The Morgan fingerprint density at radius 1 is 0.935 bits per heavy atom. The molecule has 0 N–H and O–H groups in total. The minimum absolute atomic E-state index is 0.304. The van der Waals surface area contributed by atoms with Crippen LogP contribution in [-0.2, 0) is 13.0 Å². The fraction of sp³-hybridized carbons (Fsp3) is 0.370. The molecule has 0 saturated carbocycles. The number of rotatable bonds is 8. The van der Waals surface area contributed by atoms with E-state index in [1.54, 1.807) is 0 Å². The number of nitrogens with zero attached hydrogens (tertiary/aromatic N) is 3. The van der Waals surface area contributed by atoms with Crippen LogP contribution in [-0.4, -0.2) is 54.6 Å². The van der Waals surface area contributed by atoms with Gasteiger partial charge in [0, 0.05) is 44.5 Å². The van der Waals surface area contributed by atoms with Gasteiger partial charge >= 0.3 is 0 Å². The molecular weight excluding hydrogens is 382 g/mol. The van der Waals surface area contributed by atoms with E-state index in [1.165, 1.54) is 22.4 Å². The molecule has 0 bridgehead atoms. The van der Waals surface area contributed by atoms with Crippen molar-refractivity contribution >= 4 is 0 Å². The Morgan fingerprint density at radius 2 is 1.68 bits per heavy atom. The maximum atomic E-state index is 6.30. The first-order chi connectivity index (χ1) is 15.2. The van der Waals surface area contributed by atoms with Gasteiger partial charge in [-0.1, -0.05) is 42.5 Å². The van der Waals surface area contributed by atoms with Crippen LogP contribution in [0.4, 0.5) is 0 Å². The summed E-state index contributed by atoms with van der Waals surface area (Å²) < 4.78 is 6.30. The van der Waals surface area contributed by atoms with Crippen LogP contribution in [0.5, 0.6) is 5.75 Å². The first-order valence-electron chi connectivity index (χ1n) is 11.3. The monoisotopic (exact) mass is 415 g/mol. The average Bonchev–Trinajstić information content (AvgIpc) is 2.80. The molecule has 0 radical (unpaired) electrons. The second-order valence-corrected chi connectivity index (χ2v) is 8.65. The number of benzene rings is 2. The number of piperidine rings is 1. The van der Waals surface area contributed by atoms with E-state index < -0.39 is 0 Å². The molecule has 4 heteroatoms. The van der Waals surface area contributed by atoms with E-state index in [4.69, 9.17) is 4.74 Å². The highest BCUT2D eigenvalue weighted by molar-refractivity contribution is 5.67. The zero-order valence-electron chi connectivity index (χ0n) is 18.7. The van der Waals surface area contributed by atoms with E-state index in [1.807, 2.05) is 12.3 Å². The van der Waals surface area contributed by atoms with Gasteiger partial charge in [-0.3, -0.25) is 4.98 Å². The summed E-state index contributed by atoms with van der Waals surface area (Å²) in [6, 6.07) is 23.4. The van der Waals surface area contributed by atoms with Crippen molar-refractivity contribution in [2.45, 2.75) is 31.9 Å². The predicted octanol–water partition coefficient (Wildman–Crippen LogP) is 4.90. The summed E-state index contributed by atoms with van der Waals surface area (Å²) in [6.45, 7) is 4.19. The summed E-state index contributed by atoms with van der Waals surface area (Å²) in [4.78, 5) is 9.16. The molecule has 2 aromatic carbocycles. The topological polar surface area (TPSA) is 28.6 Å². The van der Waals surface area contributed by atoms with Gasteiger partial charge in [0.25, 0.3) is 0 Å². The third-order valence-electron chi connectivity index (χ3n) is 5.92. The first kappa shape index (κ1) is 21.5. The quantitative estimate of drug-likeness (QED) is 0.523. The molecular formula is C27H33N3O. The number of pyridine rings is 1. The summed E-state index contributed by atoms with van der Waals surface area (Å²) in [6.07, 6.45) is 5.36. The van der Waals surface area contributed by atoms with Crippen molar-refractivity contribution in [3.8, 4) is 16.9 Å².